The summed E-state index contributed by atoms with van der Waals surface area (Å²) in [7, 11) is 1.57. The van der Waals surface area contributed by atoms with Gasteiger partial charge in [0.1, 0.15) is 11.3 Å². The van der Waals surface area contributed by atoms with Gasteiger partial charge in [-0.1, -0.05) is 12.1 Å². The lowest BCUT2D eigenvalue weighted by molar-refractivity contribution is -0.117. The molecule has 0 radical (unpaired) electrons. The summed E-state index contributed by atoms with van der Waals surface area (Å²) in [5.74, 6) is 1.13. The largest absolute Gasteiger partial charge is 0.497 e. The number of ether oxygens (including phenoxy) is 1. The fourth-order valence-electron chi connectivity index (χ4n) is 2.81. The highest BCUT2D eigenvalue weighted by Crippen LogP contribution is 2.32. The van der Waals surface area contributed by atoms with Crippen molar-refractivity contribution in [1.29, 1.82) is 0 Å². The van der Waals surface area contributed by atoms with Crippen LogP contribution in [-0.2, 0) is 11.3 Å². The molecule has 0 atom stereocenters. The van der Waals surface area contributed by atoms with Crippen LogP contribution in [0.2, 0.25) is 0 Å². The molecule has 1 saturated carbocycles. The van der Waals surface area contributed by atoms with Crippen molar-refractivity contribution in [1.82, 2.24) is 15.2 Å². The Kier molecular flexibility index (Phi) is 4.19. The number of methoxy groups -OCH3 is 1. The molecule has 2 aromatic heterocycles. The predicted molar refractivity (Wildman–Crippen MR) is 111 cm³/mol. The van der Waals surface area contributed by atoms with Crippen LogP contribution in [0.25, 0.3) is 10.9 Å². The molecular weight excluding hydrogens is 422 g/mol. The molecule has 1 fully saturated rings. The molecule has 0 spiro atoms. The molecule has 7 nitrogen and oxygen atoms in total. The number of nitrogens with zero attached hydrogens (tertiary/aromatic N) is 4. The molecule has 4 rings (SSSR count). The van der Waals surface area contributed by atoms with E-state index in [1.165, 1.54) is 11.1 Å². The first kappa shape index (κ1) is 15.2. The lowest BCUT2D eigenvalue weighted by Gasteiger charge is -2.20. The van der Waals surface area contributed by atoms with E-state index in [2.05, 4.69) is 36.4 Å². The van der Waals surface area contributed by atoms with Crippen LogP contribution in [0.5, 0.6) is 5.75 Å². The van der Waals surface area contributed by atoms with E-state index in [1.807, 2.05) is 0 Å². The number of aromatic nitrogens is 3. The molecule has 144 valence electrons. The molecule has 1 N–H and O–H groups in total. The number of halogens is 1. The van der Waals surface area contributed by atoms with Gasteiger partial charge in [0.05, 0.1) is 7.11 Å². The first-order valence-corrected chi connectivity index (χ1v) is 9.59. The van der Waals surface area contributed by atoms with Crippen molar-refractivity contribution in [3.8, 4) is 5.75 Å². The maximum atomic E-state index is 12.1. The van der Waals surface area contributed by atoms with Gasteiger partial charge in [-0.25, -0.2) is 4.98 Å². The van der Waals surface area contributed by atoms with Crippen molar-refractivity contribution in [3.63, 3.8) is 0 Å². The van der Waals surface area contributed by atoms with Crippen molar-refractivity contribution < 1.29 is 13.6 Å². The molecule has 0 bridgehead atoms. The lowest BCUT2D eigenvalue weighted by atomic mass is 10.2. The summed E-state index contributed by atoms with van der Waals surface area (Å²) < 4.78 is 29.9. The van der Waals surface area contributed by atoms with Crippen molar-refractivity contribution >= 4 is 44.4 Å². The van der Waals surface area contributed by atoms with Crippen molar-refractivity contribution in [3.05, 3.63) is 46.6 Å². The Hall–Kier alpha value is -2.74. The topological polar surface area (TPSA) is 80.2 Å². The fourth-order valence-corrected chi connectivity index (χ4v) is 3.21. The summed E-state index contributed by atoms with van der Waals surface area (Å²) in [5, 5.41) is 11.7. The van der Waals surface area contributed by atoms with E-state index in [0.29, 0.717) is 26.9 Å². The van der Waals surface area contributed by atoms with Gasteiger partial charge in [0.25, 0.3) is 0 Å². The average Bonchev–Trinajstić information content (AvgIpc) is 3.58. The minimum absolute atomic E-state index is 0.0319. The zero-order chi connectivity index (χ0) is 22.2. The molecule has 8 heteroatoms. The molecule has 2 heterocycles. The highest BCUT2D eigenvalue weighted by Gasteiger charge is 2.30. The number of fused-ring (bicyclic) bond motifs is 1. The minimum atomic E-state index is -2.46. The van der Waals surface area contributed by atoms with Crippen LogP contribution < -0.4 is 15.0 Å². The average molecular weight is 445 g/mol. The Morgan fingerprint density at radius 2 is 2.14 bits per heavy atom. The van der Waals surface area contributed by atoms with E-state index in [4.69, 9.17) is 8.85 Å². The van der Waals surface area contributed by atoms with Crippen molar-refractivity contribution in [2.24, 2.45) is 5.92 Å². The standard InChI is InChI=1S/C20H20BrN5O2/c1-26(11-12-3-7-14(28-2)8-4-12)19-18-15(16(21)10-22-19)9-17(24-25-18)23-20(27)13-5-6-13/h3-4,7-10,13H,5-6,11H2,1-2H3,(H,23,24,27)/i1D3. The second-order valence-corrected chi connectivity index (χ2v) is 7.47. The summed E-state index contributed by atoms with van der Waals surface area (Å²) in [4.78, 5) is 17.6. The van der Waals surface area contributed by atoms with Crippen molar-refractivity contribution in [2.75, 3.05) is 24.3 Å². The van der Waals surface area contributed by atoms with Crippen LogP contribution in [0.4, 0.5) is 11.6 Å². The van der Waals surface area contributed by atoms with Gasteiger partial charge in [-0.05, 0) is 52.5 Å². The molecule has 1 amide bonds. The number of anilines is 2. The van der Waals surface area contributed by atoms with Crippen LogP contribution in [0.3, 0.4) is 0 Å². The first-order chi connectivity index (χ1) is 14.8. The molecule has 1 aromatic carbocycles. The van der Waals surface area contributed by atoms with Crippen LogP contribution in [-0.4, -0.2) is 35.2 Å². The van der Waals surface area contributed by atoms with Gasteiger partial charge in [0.2, 0.25) is 5.91 Å². The van der Waals surface area contributed by atoms with E-state index < -0.39 is 6.98 Å². The number of carbonyl (C=O) groups excluding carboxylic acids is 1. The molecule has 0 unspecified atom stereocenters. The van der Waals surface area contributed by atoms with Gasteiger partial charge < -0.3 is 15.0 Å². The Morgan fingerprint density at radius 1 is 1.36 bits per heavy atom. The van der Waals surface area contributed by atoms with Gasteiger partial charge in [-0.2, -0.15) is 0 Å². The van der Waals surface area contributed by atoms with Gasteiger partial charge in [-0.3, -0.25) is 4.79 Å². The third kappa shape index (κ3) is 3.91. The maximum absolute atomic E-state index is 12.1. The van der Waals surface area contributed by atoms with E-state index in [0.717, 1.165) is 18.4 Å². The van der Waals surface area contributed by atoms with E-state index in [9.17, 15) is 4.79 Å². The summed E-state index contributed by atoms with van der Waals surface area (Å²) in [6.45, 7) is -2.37. The molecule has 0 aliphatic heterocycles. The highest BCUT2D eigenvalue weighted by atomic mass is 79.9. The number of pyridine rings is 1. The molecular formula is C20H20BrN5O2. The molecule has 28 heavy (non-hydrogen) atoms. The van der Waals surface area contributed by atoms with Gasteiger partial charge in [0.15, 0.2) is 11.6 Å². The summed E-state index contributed by atoms with van der Waals surface area (Å²) >= 11 is 3.44. The maximum Gasteiger partial charge on any atom is 0.228 e. The fraction of sp³-hybridized carbons (Fsp3) is 0.300. The monoisotopic (exact) mass is 444 g/mol. The molecule has 1 aliphatic carbocycles. The number of hydrogen-bond donors (Lipinski definition) is 1. The number of rotatable bonds is 6. The zero-order valence-corrected chi connectivity index (χ0v) is 16.7. The van der Waals surface area contributed by atoms with E-state index in [1.54, 1.807) is 37.4 Å². The smallest absolute Gasteiger partial charge is 0.228 e. The second kappa shape index (κ2) is 7.71. The third-order valence-corrected chi connectivity index (χ3v) is 5.15. The first-order valence-electron chi connectivity index (χ1n) is 10.3. The number of hydrogen-bond acceptors (Lipinski definition) is 6. The Bertz CT molecular complexity index is 1120. The number of benzene rings is 1. The summed E-state index contributed by atoms with van der Waals surface area (Å²) in [5.41, 5.74) is 1.10. The van der Waals surface area contributed by atoms with Gasteiger partial charge in [-0.15, -0.1) is 10.2 Å². The molecule has 3 aromatic rings. The molecule has 1 aliphatic rings. The Balaban J connectivity index is 1.71. The number of carbonyl (C=O) groups is 1. The van der Waals surface area contributed by atoms with Crippen LogP contribution in [0.15, 0.2) is 41.0 Å². The van der Waals surface area contributed by atoms with Crippen molar-refractivity contribution in [2.45, 2.75) is 19.4 Å². The summed E-state index contributed by atoms with van der Waals surface area (Å²) in [6, 6.07) is 8.82. The van der Waals surface area contributed by atoms with Crippen LogP contribution in [0, 0.1) is 5.92 Å². The van der Waals surface area contributed by atoms with Gasteiger partial charge in [0, 0.05) is 39.6 Å². The quantitative estimate of drug-likeness (QED) is 0.622. The number of amides is 1. The third-order valence-electron chi connectivity index (χ3n) is 4.52. The summed E-state index contributed by atoms with van der Waals surface area (Å²) in [6.07, 6.45) is 3.28. The zero-order valence-electron chi connectivity index (χ0n) is 18.1. The normalized spacial score (nSPS) is 15.4. The highest BCUT2D eigenvalue weighted by molar-refractivity contribution is 9.10. The Morgan fingerprint density at radius 3 is 2.82 bits per heavy atom. The molecule has 0 saturated heterocycles. The van der Waals surface area contributed by atoms with Gasteiger partial charge >= 0.3 is 0 Å². The van der Waals surface area contributed by atoms with E-state index >= 15 is 0 Å². The van der Waals surface area contributed by atoms with Crippen LogP contribution in [0.1, 0.15) is 22.5 Å². The lowest BCUT2D eigenvalue weighted by Crippen LogP contribution is -2.19. The SMILES string of the molecule is [2H]C([2H])([2H])N(Cc1ccc(OC)cc1)c1ncc(Br)c2cc(NC(=O)C3CC3)nnc12. The van der Waals surface area contributed by atoms with Crippen LogP contribution >= 0.6 is 15.9 Å². The van der Waals surface area contributed by atoms with E-state index in [-0.39, 0.29) is 24.2 Å². The second-order valence-electron chi connectivity index (χ2n) is 6.62. The minimum Gasteiger partial charge on any atom is -0.497 e. The Labute approximate surface area is 175 Å². The predicted octanol–water partition coefficient (Wildman–Crippen LogP) is 3.78. The number of nitrogens with one attached hydrogen (secondary N) is 1.